The Morgan fingerprint density at radius 1 is 1.12 bits per heavy atom. The molecule has 1 aromatic carbocycles. The van der Waals surface area contributed by atoms with E-state index in [1.165, 1.54) is 0 Å². The van der Waals surface area contributed by atoms with Gasteiger partial charge in [-0.15, -0.1) is 0 Å². The van der Waals surface area contributed by atoms with Gasteiger partial charge < -0.3 is 13.7 Å². The molecule has 3 aromatic heterocycles. The highest BCUT2D eigenvalue weighted by molar-refractivity contribution is 5.85. The van der Waals surface area contributed by atoms with Gasteiger partial charge in [-0.2, -0.15) is 4.98 Å². The minimum atomic E-state index is 0.321. The van der Waals surface area contributed by atoms with Crippen molar-refractivity contribution in [2.45, 2.75) is 13.8 Å². The van der Waals surface area contributed by atoms with Crippen molar-refractivity contribution in [2.75, 3.05) is 6.61 Å². The van der Waals surface area contributed by atoms with Crippen molar-refractivity contribution < 1.29 is 13.7 Å². The summed E-state index contributed by atoms with van der Waals surface area (Å²) in [6, 6.07) is 11.6. The first-order chi connectivity index (χ1) is 11.7. The number of fused-ring (bicyclic) bond motifs is 1. The largest absolute Gasteiger partial charge is 0.477 e. The number of benzene rings is 1. The van der Waals surface area contributed by atoms with E-state index in [0.717, 1.165) is 16.5 Å². The summed E-state index contributed by atoms with van der Waals surface area (Å²) in [5.74, 6) is 1.75. The van der Waals surface area contributed by atoms with E-state index < -0.39 is 0 Å². The standard InChI is InChI=1S/C18H15N3O3/c1-3-22-17-13(10-12-7-6-11(2)9-14(12)19-17)16-20-18(24-21-16)15-5-4-8-23-15/h4-10H,3H2,1-2H3. The zero-order valence-corrected chi connectivity index (χ0v) is 13.3. The lowest BCUT2D eigenvalue weighted by Gasteiger charge is -2.08. The first-order valence-electron chi connectivity index (χ1n) is 7.67. The van der Waals surface area contributed by atoms with Crippen molar-refractivity contribution in [2.24, 2.45) is 0 Å². The lowest BCUT2D eigenvalue weighted by Crippen LogP contribution is -1.98. The van der Waals surface area contributed by atoms with Crippen LogP contribution in [0.15, 0.2) is 51.6 Å². The molecule has 0 bridgehead atoms. The van der Waals surface area contributed by atoms with Gasteiger partial charge in [0.05, 0.1) is 24.0 Å². The number of rotatable bonds is 4. The van der Waals surface area contributed by atoms with Crippen LogP contribution in [0.2, 0.25) is 0 Å². The third-order valence-electron chi connectivity index (χ3n) is 3.62. The Bertz CT molecular complexity index is 990. The van der Waals surface area contributed by atoms with Crippen molar-refractivity contribution in [3.05, 3.63) is 48.2 Å². The molecule has 6 nitrogen and oxygen atoms in total. The van der Waals surface area contributed by atoms with Crippen LogP contribution in [-0.2, 0) is 0 Å². The van der Waals surface area contributed by atoms with Crippen molar-refractivity contribution in [3.63, 3.8) is 0 Å². The summed E-state index contributed by atoms with van der Waals surface area (Å²) >= 11 is 0. The molecule has 0 aliphatic heterocycles. The average Bonchev–Trinajstić information content (AvgIpc) is 3.26. The van der Waals surface area contributed by atoms with E-state index in [0.29, 0.717) is 35.5 Å². The van der Waals surface area contributed by atoms with E-state index in [9.17, 15) is 0 Å². The van der Waals surface area contributed by atoms with Gasteiger partial charge in [-0.05, 0) is 43.7 Å². The van der Waals surface area contributed by atoms with Crippen LogP contribution >= 0.6 is 0 Å². The van der Waals surface area contributed by atoms with Crippen molar-refractivity contribution in [3.8, 4) is 28.9 Å². The highest BCUT2D eigenvalue weighted by Gasteiger charge is 2.18. The smallest absolute Gasteiger partial charge is 0.293 e. The third-order valence-corrected chi connectivity index (χ3v) is 3.62. The van der Waals surface area contributed by atoms with Gasteiger partial charge >= 0.3 is 0 Å². The molecule has 0 unspecified atom stereocenters. The van der Waals surface area contributed by atoms with Gasteiger partial charge in [-0.25, -0.2) is 4.98 Å². The zero-order chi connectivity index (χ0) is 16.5. The van der Waals surface area contributed by atoms with E-state index in [2.05, 4.69) is 15.1 Å². The molecule has 0 amide bonds. The molecule has 0 N–H and O–H groups in total. The van der Waals surface area contributed by atoms with Crippen LogP contribution in [0.25, 0.3) is 33.9 Å². The van der Waals surface area contributed by atoms with E-state index in [1.54, 1.807) is 18.4 Å². The second kappa shape index (κ2) is 5.81. The molecular formula is C18H15N3O3. The van der Waals surface area contributed by atoms with Crippen LogP contribution in [0.4, 0.5) is 0 Å². The van der Waals surface area contributed by atoms with Gasteiger partial charge in [0.15, 0.2) is 5.76 Å². The summed E-state index contributed by atoms with van der Waals surface area (Å²) in [4.78, 5) is 9.01. The molecule has 0 fully saturated rings. The molecule has 4 aromatic rings. The molecule has 0 saturated heterocycles. The summed E-state index contributed by atoms with van der Waals surface area (Å²) in [5.41, 5.74) is 2.71. The van der Waals surface area contributed by atoms with Crippen molar-refractivity contribution in [1.82, 2.24) is 15.1 Å². The van der Waals surface area contributed by atoms with Crippen LogP contribution in [0.5, 0.6) is 5.88 Å². The first-order valence-corrected chi connectivity index (χ1v) is 7.67. The fourth-order valence-electron chi connectivity index (χ4n) is 2.50. The molecule has 4 rings (SSSR count). The number of nitrogens with zero attached hydrogens (tertiary/aromatic N) is 3. The zero-order valence-electron chi connectivity index (χ0n) is 13.3. The molecule has 24 heavy (non-hydrogen) atoms. The summed E-state index contributed by atoms with van der Waals surface area (Å²) in [6.45, 7) is 4.45. The summed E-state index contributed by atoms with van der Waals surface area (Å²) in [6.07, 6.45) is 1.56. The average molecular weight is 321 g/mol. The minimum Gasteiger partial charge on any atom is -0.477 e. The van der Waals surface area contributed by atoms with E-state index in [1.807, 2.05) is 38.1 Å². The van der Waals surface area contributed by atoms with Crippen molar-refractivity contribution >= 4 is 10.9 Å². The molecule has 0 aliphatic rings. The van der Waals surface area contributed by atoms with Crippen LogP contribution in [-0.4, -0.2) is 21.7 Å². The van der Waals surface area contributed by atoms with Gasteiger partial charge in [0.2, 0.25) is 11.7 Å². The van der Waals surface area contributed by atoms with Crippen molar-refractivity contribution in [1.29, 1.82) is 0 Å². The highest BCUT2D eigenvalue weighted by atomic mass is 16.5. The first kappa shape index (κ1) is 14.4. The Morgan fingerprint density at radius 2 is 2.04 bits per heavy atom. The number of aromatic nitrogens is 3. The molecule has 120 valence electrons. The number of pyridine rings is 1. The Labute approximate surface area is 138 Å². The topological polar surface area (TPSA) is 74.2 Å². The maximum absolute atomic E-state index is 5.68. The van der Waals surface area contributed by atoms with Gasteiger partial charge in [0, 0.05) is 5.39 Å². The summed E-state index contributed by atoms with van der Waals surface area (Å²) in [5, 5.41) is 5.03. The molecule has 0 atom stereocenters. The molecular weight excluding hydrogens is 306 g/mol. The number of aryl methyl sites for hydroxylation is 1. The summed E-state index contributed by atoms with van der Waals surface area (Å²) in [7, 11) is 0. The molecule has 0 spiro atoms. The molecule has 0 aliphatic carbocycles. The number of ether oxygens (including phenoxy) is 1. The van der Waals surface area contributed by atoms with Crippen LogP contribution in [0, 0.1) is 6.92 Å². The maximum atomic E-state index is 5.68. The lowest BCUT2D eigenvalue weighted by atomic mass is 10.1. The fourth-order valence-corrected chi connectivity index (χ4v) is 2.50. The predicted octanol–water partition coefficient (Wildman–Crippen LogP) is 4.25. The van der Waals surface area contributed by atoms with Gasteiger partial charge in [0.1, 0.15) is 0 Å². The lowest BCUT2D eigenvalue weighted by molar-refractivity contribution is 0.329. The van der Waals surface area contributed by atoms with Gasteiger partial charge in [0.25, 0.3) is 5.89 Å². The highest BCUT2D eigenvalue weighted by Crippen LogP contribution is 2.31. The van der Waals surface area contributed by atoms with E-state index >= 15 is 0 Å². The quantitative estimate of drug-likeness (QED) is 0.559. The minimum absolute atomic E-state index is 0.321. The second-order valence-electron chi connectivity index (χ2n) is 5.37. The molecule has 0 radical (unpaired) electrons. The molecule has 0 saturated carbocycles. The van der Waals surface area contributed by atoms with Gasteiger partial charge in [-0.3, -0.25) is 0 Å². The normalized spacial score (nSPS) is 11.1. The second-order valence-corrected chi connectivity index (χ2v) is 5.37. The van der Waals surface area contributed by atoms with E-state index in [4.69, 9.17) is 13.7 Å². The van der Waals surface area contributed by atoms with E-state index in [-0.39, 0.29) is 0 Å². The Balaban J connectivity index is 1.85. The van der Waals surface area contributed by atoms with Crippen LogP contribution < -0.4 is 4.74 Å². The maximum Gasteiger partial charge on any atom is 0.293 e. The number of hydrogen-bond acceptors (Lipinski definition) is 6. The summed E-state index contributed by atoms with van der Waals surface area (Å²) < 4.78 is 16.3. The van der Waals surface area contributed by atoms with Gasteiger partial charge in [-0.1, -0.05) is 17.3 Å². The Morgan fingerprint density at radius 3 is 2.83 bits per heavy atom. The number of hydrogen-bond donors (Lipinski definition) is 0. The Hall–Kier alpha value is -3.15. The SMILES string of the molecule is CCOc1nc2cc(C)ccc2cc1-c1noc(-c2ccco2)n1. The predicted molar refractivity (Wildman–Crippen MR) is 88.6 cm³/mol. The Kier molecular flexibility index (Phi) is 3.49. The number of furan rings is 1. The van der Waals surface area contributed by atoms with Crippen LogP contribution in [0.1, 0.15) is 12.5 Å². The fraction of sp³-hybridized carbons (Fsp3) is 0.167. The monoisotopic (exact) mass is 321 g/mol. The van der Waals surface area contributed by atoms with Crippen LogP contribution in [0.3, 0.4) is 0 Å². The molecule has 3 heterocycles. The third kappa shape index (κ3) is 2.52. The molecule has 6 heteroatoms.